The van der Waals surface area contributed by atoms with Crippen molar-refractivity contribution in [1.82, 2.24) is 4.90 Å². The molecule has 0 spiro atoms. The third kappa shape index (κ3) is 7.33. The maximum absolute atomic E-state index is 11.0. The molecule has 1 aromatic rings. The lowest BCUT2D eigenvalue weighted by Crippen LogP contribution is -2.62. The van der Waals surface area contributed by atoms with Crippen LogP contribution >= 0.6 is 0 Å². The molecule has 0 aromatic heterocycles. The highest BCUT2D eigenvalue weighted by Crippen LogP contribution is 2.41. The van der Waals surface area contributed by atoms with Gasteiger partial charge in [-0.15, -0.1) is 0 Å². The van der Waals surface area contributed by atoms with Crippen molar-refractivity contribution in [2.45, 2.75) is 78.5 Å². The molecule has 0 amide bonds. The van der Waals surface area contributed by atoms with E-state index in [9.17, 15) is 9.59 Å². The minimum atomic E-state index is -0.879. The van der Waals surface area contributed by atoms with Crippen LogP contribution < -0.4 is 0 Å². The molecular formula is C22H35NO4. The average molecular weight is 378 g/mol. The van der Waals surface area contributed by atoms with E-state index >= 15 is 0 Å². The predicted octanol–water partition coefficient (Wildman–Crippen LogP) is 4.61. The van der Waals surface area contributed by atoms with Gasteiger partial charge in [0, 0.05) is 24.5 Å². The topological polar surface area (TPSA) is 66.8 Å². The number of hydrogen-bond donors (Lipinski definition) is 1. The van der Waals surface area contributed by atoms with Gasteiger partial charge in [-0.05, 0) is 65.5 Å². The fraction of sp³-hybridized carbons (Fsp3) is 0.636. The second-order valence-corrected chi connectivity index (χ2v) is 8.84. The van der Waals surface area contributed by atoms with Gasteiger partial charge < -0.3 is 9.84 Å². The summed E-state index contributed by atoms with van der Waals surface area (Å²) in [6, 6.07) is 8.30. The number of rotatable bonds is 4. The van der Waals surface area contributed by atoms with Crippen LogP contribution in [0.15, 0.2) is 30.3 Å². The number of nitrogens with zero attached hydrogens (tertiary/aromatic N) is 1. The lowest BCUT2D eigenvalue weighted by Gasteiger charge is -2.55. The second-order valence-electron chi connectivity index (χ2n) is 8.84. The smallest absolute Gasteiger partial charge is 0.335 e. The second kappa shape index (κ2) is 9.36. The number of likely N-dealkylation sites (tertiary alicyclic amines) is 1. The minimum absolute atomic E-state index is 0.0468. The number of carboxylic acid groups (broad SMARTS) is 1. The average Bonchev–Trinajstić information content (AvgIpc) is 2.50. The number of piperidine rings is 1. The molecule has 1 saturated heterocycles. The van der Waals surface area contributed by atoms with Crippen molar-refractivity contribution in [3.8, 4) is 0 Å². The van der Waals surface area contributed by atoms with Gasteiger partial charge in [-0.3, -0.25) is 9.69 Å². The molecule has 1 N–H and O–H groups in total. The molecule has 5 heteroatoms. The molecule has 1 atom stereocenters. The molecule has 0 aliphatic carbocycles. The number of carboxylic acids is 1. The van der Waals surface area contributed by atoms with E-state index in [1.807, 2.05) is 6.92 Å². The van der Waals surface area contributed by atoms with Crippen molar-refractivity contribution in [3.63, 3.8) is 0 Å². The van der Waals surface area contributed by atoms with Gasteiger partial charge in [0.15, 0.2) is 0 Å². The highest BCUT2D eigenvalue weighted by Gasteiger charge is 2.44. The summed E-state index contributed by atoms with van der Waals surface area (Å²) in [4.78, 5) is 23.7. The van der Waals surface area contributed by atoms with Crippen molar-refractivity contribution in [2.24, 2.45) is 5.92 Å². The lowest BCUT2D eigenvalue weighted by atomic mass is 9.74. The molecule has 152 valence electrons. The van der Waals surface area contributed by atoms with Gasteiger partial charge in [0.1, 0.15) is 6.10 Å². The van der Waals surface area contributed by atoms with E-state index < -0.39 is 5.97 Å². The Labute approximate surface area is 163 Å². The van der Waals surface area contributed by atoms with Crippen LogP contribution in [0.3, 0.4) is 0 Å². The summed E-state index contributed by atoms with van der Waals surface area (Å²) in [7, 11) is 0. The molecule has 1 aromatic carbocycles. The predicted molar refractivity (Wildman–Crippen MR) is 108 cm³/mol. The Morgan fingerprint density at radius 3 is 2.00 bits per heavy atom. The summed E-state index contributed by atoms with van der Waals surface area (Å²) in [5.41, 5.74) is 0.656. The maximum atomic E-state index is 11.0. The summed E-state index contributed by atoms with van der Waals surface area (Å²) < 4.78 is 5.29. The third-order valence-corrected chi connectivity index (χ3v) is 4.98. The van der Waals surface area contributed by atoms with Crippen molar-refractivity contribution >= 4 is 11.9 Å². The summed E-state index contributed by atoms with van der Waals surface area (Å²) in [6.45, 7) is 15.8. The van der Waals surface area contributed by atoms with E-state index in [2.05, 4.69) is 39.5 Å². The van der Waals surface area contributed by atoms with Gasteiger partial charge in [0.05, 0.1) is 5.56 Å². The number of esters is 1. The number of aromatic carboxylic acids is 1. The molecule has 0 saturated carbocycles. The highest BCUT2D eigenvalue weighted by atomic mass is 16.5. The molecule has 2 rings (SSSR count). The molecule has 1 aliphatic rings. The fourth-order valence-corrected chi connectivity index (χ4v) is 4.47. The number of benzene rings is 1. The molecule has 1 fully saturated rings. The van der Waals surface area contributed by atoms with Gasteiger partial charge in [-0.1, -0.05) is 25.1 Å². The normalized spacial score (nSPS) is 20.1. The molecule has 1 heterocycles. The minimum Gasteiger partial charge on any atom is -0.478 e. The zero-order valence-electron chi connectivity index (χ0n) is 17.8. The first-order valence-corrected chi connectivity index (χ1v) is 9.58. The quantitative estimate of drug-likeness (QED) is 0.776. The summed E-state index contributed by atoms with van der Waals surface area (Å²) in [6.07, 6.45) is 2.35. The zero-order valence-corrected chi connectivity index (χ0v) is 17.8. The Bertz CT molecular complexity index is 606. The van der Waals surface area contributed by atoms with Gasteiger partial charge in [0.2, 0.25) is 0 Å². The fourth-order valence-electron chi connectivity index (χ4n) is 4.47. The van der Waals surface area contributed by atoms with E-state index in [0.29, 0.717) is 5.56 Å². The molecule has 5 nitrogen and oxygen atoms in total. The summed E-state index contributed by atoms with van der Waals surface area (Å²) >= 11 is 0. The third-order valence-electron chi connectivity index (χ3n) is 4.98. The SMILES string of the molecule is CC(=O)OC(C)CN1C(C)(C)CC(C)CC1(C)C.O=C(O)c1ccccc1. The number of hydrogen-bond acceptors (Lipinski definition) is 4. The molecule has 0 bridgehead atoms. The van der Waals surface area contributed by atoms with Gasteiger partial charge in [0.25, 0.3) is 0 Å². The van der Waals surface area contributed by atoms with E-state index in [1.54, 1.807) is 30.3 Å². The van der Waals surface area contributed by atoms with Crippen LogP contribution in [0.25, 0.3) is 0 Å². The first kappa shape index (κ1) is 23.2. The van der Waals surface area contributed by atoms with E-state index in [1.165, 1.54) is 19.8 Å². The van der Waals surface area contributed by atoms with Gasteiger partial charge in [-0.25, -0.2) is 4.79 Å². The van der Waals surface area contributed by atoms with E-state index in [4.69, 9.17) is 9.84 Å². The molecular weight excluding hydrogens is 342 g/mol. The van der Waals surface area contributed by atoms with Crippen LogP contribution in [0.2, 0.25) is 0 Å². The standard InChI is InChI=1S/C15H29NO2.C7H6O2/c1-11-8-14(4,5)16(15(6,7)9-11)10-12(2)18-13(3)17;8-7(9)6-4-2-1-3-5-6/h11-12H,8-10H2,1-7H3;1-5H,(H,8,9). The molecule has 1 aliphatic heterocycles. The van der Waals surface area contributed by atoms with E-state index in [0.717, 1.165) is 12.5 Å². The number of ether oxygens (including phenoxy) is 1. The van der Waals surface area contributed by atoms with Gasteiger partial charge >= 0.3 is 11.9 Å². The zero-order chi connectivity index (χ0) is 20.8. The summed E-state index contributed by atoms with van der Waals surface area (Å²) in [5, 5.41) is 8.38. The van der Waals surface area contributed by atoms with Crippen molar-refractivity contribution < 1.29 is 19.4 Å². The Hall–Kier alpha value is -1.88. The Morgan fingerprint density at radius 1 is 1.15 bits per heavy atom. The van der Waals surface area contributed by atoms with E-state index in [-0.39, 0.29) is 23.2 Å². The number of carbonyl (C=O) groups excluding carboxylic acids is 1. The van der Waals surface area contributed by atoms with Crippen LogP contribution in [0, 0.1) is 5.92 Å². The lowest BCUT2D eigenvalue weighted by molar-refractivity contribution is -0.150. The monoisotopic (exact) mass is 377 g/mol. The molecule has 27 heavy (non-hydrogen) atoms. The largest absolute Gasteiger partial charge is 0.478 e. The van der Waals surface area contributed by atoms with Crippen LogP contribution in [0.1, 0.15) is 71.7 Å². The Morgan fingerprint density at radius 2 is 1.63 bits per heavy atom. The first-order chi connectivity index (χ1) is 12.3. The summed E-state index contributed by atoms with van der Waals surface area (Å²) in [5.74, 6) is -0.325. The van der Waals surface area contributed by atoms with Crippen LogP contribution in [-0.4, -0.2) is 45.7 Å². The number of carbonyl (C=O) groups is 2. The molecule has 1 unspecified atom stereocenters. The van der Waals surface area contributed by atoms with Crippen LogP contribution in [0.5, 0.6) is 0 Å². The Kier molecular flexibility index (Phi) is 8.03. The Balaban J connectivity index is 0.000000337. The van der Waals surface area contributed by atoms with Crippen molar-refractivity contribution in [1.29, 1.82) is 0 Å². The van der Waals surface area contributed by atoms with Crippen molar-refractivity contribution in [3.05, 3.63) is 35.9 Å². The maximum Gasteiger partial charge on any atom is 0.335 e. The van der Waals surface area contributed by atoms with Crippen LogP contribution in [0.4, 0.5) is 0 Å². The first-order valence-electron chi connectivity index (χ1n) is 9.58. The molecule has 0 radical (unpaired) electrons. The van der Waals surface area contributed by atoms with Crippen molar-refractivity contribution in [2.75, 3.05) is 6.54 Å². The van der Waals surface area contributed by atoms with Crippen LogP contribution in [-0.2, 0) is 9.53 Å². The highest BCUT2D eigenvalue weighted by molar-refractivity contribution is 5.87. The van der Waals surface area contributed by atoms with Gasteiger partial charge in [-0.2, -0.15) is 0 Å².